The summed E-state index contributed by atoms with van der Waals surface area (Å²) in [5, 5.41) is 9.08. The van der Waals surface area contributed by atoms with E-state index in [9.17, 15) is 4.79 Å². The third-order valence-electron chi connectivity index (χ3n) is 3.06. The highest BCUT2D eigenvalue weighted by molar-refractivity contribution is 5.73. The van der Waals surface area contributed by atoms with E-state index in [1.54, 1.807) is 13.8 Å². The first-order valence-electron chi connectivity index (χ1n) is 6.03. The molecule has 1 N–H and O–H groups in total. The van der Waals surface area contributed by atoms with Gasteiger partial charge in [-0.3, -0.25) is 9.69 Å². The van der Waals surface area contributed by atoms with Gasteiger partial charge in [-0.25, -0.2) is 0 Å². The summed E-state index contributed by atoms with van der Waals surface area (Å²) < 4.78 is 5.60. The highest BCUT2D eigenvalue weighted by Gasteiger charge is 2.31. The molecule has 0 aromatic carbocycles. The van der Waals surface area contributed by atoms with Crippen LogP contribution in [-0.4, -0.2) is 48.3 Å². The van der Waals surface area contributed by atoms with Crippen molar-refractivity contribution in [3.8, 4) is 0 Å². The van der Waals surface area contributed by atoms with Crippen molar-refractivity contribution in [3.63, 3.8) is 0 Å². The molecule has 0 aromatic rings. The van der Waals surface area contributed by atoms with E-state index in [1.165, 1.54) is 0 Å². The van der Waals surface area contributed by atoms with Gasteiger partial charge in [0.2, 0.25) is 0 Å². The van der Waals surface area contributed by atoms with Crippen LogP contribution in [0.3, 0.4) is 0 Å². The number of carbonyl (C=O) groups is 1. The number of ether oxygens (including phenoxy) is 1. The molecule has 1 aliphatic heterocycles. The quantitative estimate of drug-likeness (QED) is 0.778. The van der Waals surface area contributed by atoms with E-state index in [-0.39, 0.29) is 6.10 Å². The summed E-state index contributed by atoms with van der Waals surface area (Å²) in [6.07, 6.45) is 2.47. The number of nitrogens with zero attached hydrogens (tertiary/aromatic N) is 1. The smallest absolute Gasteiger partial charge is 0.310 e. The predicted octanol–water partition coefficient (Wildman–Crippen LogP) is 1.60. The van der Waals surface area contributed by atoms with Crippen molar-refractivity contribution in [2.75, 3.05) is 26.2 Å². The van der Waals surface area contributed by atoms with E-state index in [2.05, 4.69) is 4.90 Å². The molecule has 1 fully saturated rings. The second-order valence-electron chi connectivity index (χ2n) is 5.14. The maximum absolute atomic E-state index is 11.0. The number of rotatable bonds is 5. The van der Waals surface area contributed by atoms with Gasteiger partial charge in [0, 0.05) is 19.7 Å². The number of piperidine rings is 1. The van der Waals surface area contributed by atoms with Gasteiger partial charge in [-0.15, -0.1) is 0 Å². The monoisotopic (exact) mass is 229 g/mol. The van der Waals surface area contributed by atoms with E-state index in [0.717, 1.165) is 32.5 Å². The third-order valence-corrected chi connectivity index (χ3v) is 3.06. The summed E-state index contributed by atoms with van der Waals surface area (Å²) in [5.41, 5.74) is -0.673. The minimum Gasteiger partial charge on any atom is -0.481 e. The zero-order valence-electron chi connectivity index (χ0n) is 10.5. The molecule has 4 nitrogen and oxygen atoms in total. The summed E-state index contributed by atoms with van der Waals surface area (Å²) in [7, 11) is 0. The van der Waals surface area contributed by atoms with Crippen molar-refractivity contribution >= 4 is 5.97 Å². The standard InChI is InChI=1S/C12H23NO3/c1-4-16-10-6-5-7-13(8-10)9-12(2,3)11(14)15/h10H,4-9H2,1-3H3,(H,14,15). The molecule has 1 heterocycles. The fourth-order valence-electron chi connectivity index (χ4n) is 2.16. The number of carboxylic acids is 1. The van der Waals surface area contributed by atoms with Gasteiger partial charge in [0.25, 0.3) is 0 Å². The van der Waals surface area contributed by atoms with Crippen LogP contribution < -0.4 is 0 Å². The molecule has 1 rings (SSSR count). The Morgan fingerprint density at radius 3 is 2.81 bits per heavy atom. The Labute approximate surface area is 97.6 Å². The number of hydrogen-bond donors (Lipinski definition) is 1. The second kappa shape index (κ2) is 5.64. The number of likely N-dealkylation sites (tertiary alicyclic amines) is 1. The first kappa shape index (κ1) is 13.5. The Balaban J connectivity index is 2.45. The van der Waals surface area contributed by atoms with Gasteiger partial charge in [0.05, 0.1) is 11.5 Å². The summed E-state index contributed by atoms with van der Waals surface area (Å²) in [5.74, 6) is -0.731. The Morgan fingerprint density at radius 2 is 2.25 bits per heavy atom. The predicted molar refractivity (Wildman–Crippen MR) is 62.5 cm³/mol. The van der Waals surface area contributed by atoms with E-state index in [1.807, 2.05) is 6.92 Å². The molecule has 1 unspecified atom stereocenters. The molecule has 1 atom stereocenters. The van der Waals surface area contributed by atoms with E-state index in [0.29, 0.717) is 6.54 Å². The highest BCUT2D eigenvalue weighted by atomic mass is 16.5. The lowest BCUT2D eigenvalue weighted by atomic mass is 9.92. The lowest BCUT2D eigenvalue weighted by Crippen LogP contribution is -2.46. The molecule has 0 radical (unpaired) electrons. The number of hydrogen-bond acceptors (Lipinski definition) is 3. The molecule has 16 heavy (non-hydrogen) atoms. The fourth-order valence-corrected chi connectivity index (χ4v) is 2.16. The molecule has 94 valence electrons. The molecule has 0 amide bonds. The van der Waals surface area contributed by atoms with Crippen molar-refractivity contribution in [1.29, 1.82) is 0 Å². The second-order valence-corrected chi connectivity index (χ2v) is 5.14. The van der Waals surface area contributed by atoms with Crippen LogP contribution in [-0.2, 0) is 9.53 Å². The van der Waals surface area contributed by atoms with Crippen molar-refractivity contribution in [2.45, 2.75) is 39.7 Å². The summed E-state index contributed by atoms with van der Waals surface area (Å²) in [6.45, 7) is 8.75. The molecule has 0 bridgehead atoms. The van der Waals surface area contributed by atoms with Gasteiger partial charge >= 0.3 is 5.97 Å². The molecule has 0 aromatic heterocycles. The summed E-state index contributed by atoms with van der Waals surface area (Å²) >= 11 is 0. The van der Waals surface area contributed by atoms with Crippen molar-refractivity contribution < 1.29 is 14.6 Å². The van der Waals surface area contributed by atoms with Gasteiger partial charge in [0.1, 0.15) is 0 Å². The molecule has 0 saturated carbocycles. The van der Waals surface area contributed by atoms with Gasteiger partial charge in [-0.2, -0.15) is 0 Å². The summed E-state index contributed by atoms with van der Waals surface area (Å²) in [4.78, 5) is 13.3. The van der Waals surface area contributed by atoms with Crippen molar-refractivity contribution in [3.05, 3.63) is 0 Å². The van der Waals surface area contributed by atoms with Crippen LogP contribution in [0, 0.1) is 5.41 Å². The lowest BCUT2D eigenvalue weighted by molar-refractivity contribution is -0.148. The van der Waals surface area contributed by atoms with E-state index < -0.39 is 11.4 Å². The minimum absolute atomic E-state index is 0.281. The van der Waals surface area contributed by atoms with Crippen molar-refractivity contribution in [2.24, 2.45) is 5.41 Å². The molecule has 1 saturated heterocycles. The van der Waals surface area contributed by atoms with Crippen LogP contribution in [0.5, 0.6) is 0 Å². The normalized spacial score (nSPS) is 23.3. The van der Waals surface area contributed by atoms with Crippen LogP contribution in [0.1, 0.15) is 33.6 Å². The maximum atomic E-state index is 11.0. The van der Waals surface area contributed by atoms with Crippen LogP contribution in [0.25, 0.3) is 0 Å². The van der Waals surface area contributed by atoms with Gasteiger partial charge in [0.15, 0.2) is 0 Å². The average Bonchev–Trinajstić information content (AvgIpc) is 2.17. The van der Waals surface area contributed by atoms with Crippen LogP contribution in [0.15, 0.2) is 0 Å². The minimum atomic E-state index is -0.731. The van der Waals surface area contributed by atoms with Crippen LogP contribution in [0.4, 0.5) is 0 Å². The average molecular weight is 229 g/mol. The topological polar surface area (TPSA) is 49.8 Å². The molecule has 4 heteroatoms. The third kappa shape index (κ3) is 3.76. The Bertz CT molecular complexity index is 238. The maximum Gasteiger partial charge on any atom is 0.310 e. The lowest BCUT2D eigenvalue weighted by Gasteiger charge is -2.36. The van der Waals surface area contributed by atoms with E-state index in [4.69, 9.17) is 9.84 Å². The number of aliphatic carboxylic acids is 1. The zero-order valence-corrected chi connectivity index (χ0v) is 10.5. The Hall–Kier alpha value is -0.610. The molecule has 0 aliphatic carbocycles. The molecule has 1 aliphatic rings. The fraction of sp³-hybridized carbons (Fsp3) is 0.917. The largest absolute Gasteiger partial charge is 0.481 e. The SMILES string of the molecule is CCOC1CCCN(CC(C)(C)C(=O)O)C1. The molecule has 0 spiro atoms. The molecular formula is C12H23NO3. The van der Waals surface area contributed by atoms with Crippen LogP contribution >= 0.6 is 0 Å². The van der Waals surface area contributed by atoms with Crippen molar-refractivity contribution in [1.82, 2.24) is 4.90 Å². The Kier molecular flexibility index (Phi) is 4.74. The summed E-state index contributed by atoms with van der Waals surface area (Å²) in [6, 6.07) is 0. The van der Waals surface area contributed by atoms with E-state index >= 15 is 0 Å². The Morgan fingerprint density at radius 1 is 1.56 bits per heavy atom. The van der Waals surface area contributed by atoms with Gasteiger partial charge in [-0.05, 0) is 40.2 Å². The first-order chi connectivity index (χ1) is 7.45. The number of carboxylic acid groups (broad SMARTS) is 1. The zero-order chi connectivity index (χ0) is 12.2. The van der Waals surface area contributed by atoms with Gasteiger partial charge < -0.3 is 9.84 Å². The molecular weight excluding hydrogens is 206 g/mol. The van der Waals surface area contributed by atoms with Crippen LogP contribution in [0.2, 0.25) is 0 Å². The highest BCUT2D eigenvalue weighted by Crippen LogP contribution is 2.21. The van der Waals surface area contributed by atoms with Gasteiger partial charge in [-0.1, -0.05) is 0 Å². The first-order valence-corrected chi connectivity index (χ1v) is 6.03.